The molecule has 0 unspecified atom stereocenters. The summed E-state index contributed by atoms with van der Waals surface area (Å²) in [4.78, 5) is 27.6. The number of aromatic amines is 1. The standard InChI is InChI=1S/C20H29N3O3/c1-12-8-9-15-14(13(12)2)10-16(22-15)17(24)23-20(6,7)11-21-18(25)26-19(3,4)5/h8-10,22H,11H2,1-7H3,(H,21,25)(H,23,24). The molecule has 142 valence electrons. The van der Waals surface area contributed by atoms with E-state index in [0.29, 0.717) is 5.69 Å². The number of ether oxygens (including phenoxy) is 1. The summed E-state index contributed by atoms with van der Waals surface area (Å²) < 4.78 is 5.22. The number of carbonyl (C=O) groups excluding carboxylic acids is 2. The van der Waals surface area contributed by atoms with Gasteiger partial charge in [0.05, 0.1) is 5.54 Å². The van der Waals surface area contributed by atoms with Crippen LogP contribution in [0.2, 0.25) is 0 Å². The van der Waals surface area contributed by atoms with Crippen LogP contribution >= 0.6 is 0 Å². The van der Waals surface area contributed by atoms with Crippen LogP contribution in [0.25, 0.3) is 10.9 Å². The fourth-order valence-corrected chi connectivity index (χ4v) is 2.61. The van der Waals surface area contributed by atoms with Crippen molar-refractivity contribution in [1.82, 2.24) is 15.6 Å². The van der Waals surface area contributed by atoms with Crippen molar-refractivity contribution in [1.29, 1.82) is 0 Å². The van der Waals surface area contributed by atoms with Crippen molar-refractivity contribution in [3.8, 4) is 0 Å². The van der Waals surface area contributed by atoms with E-state index in [0.717, 1.165) is 16.5 Å². The second-order valence-corrected chi connectivity index (χ2v) is 8.35. The van der Waals surface area contributed by atoms with Crippen molar-refractivity contribution >= 4 is 22.9 Å². The van der Waals surface area contributed by atoms with Crippen molar-refractivity contribution in [3.05, 3.63) is 35.0 Å². The van der Waals surface area contributed by atoms with Gasteiger partial charge in [0.2, 0.25) is 0 Å². The van der Waals surface area contributed by atoms with E-state index in [4.69, 9.17) is 4.74 Å². The monoisotopic (exact) mass is 359 g/mol. The lowest BCUT2D eigenvalue weighted by Crippen LogP contribution is -2.52. The topological polar surface area (TPSA) is 83.2 Å². The number of hydrogen-bond acceptors (Lipinski definition) is 3. The molecule has 0 fully saturated rings. The van der Waals surface area contributed by atoms with Gasteiger partial charge in [-0.15, -0.1) is 0 Å². The van der Waals surface area contributed by atoms with Crippen LogP contribution in [0.4, 0.5) is 4.79 Å². The van der Waals surface area contributed by atoms with Crippen molar-refractivity contribution in [2.45, 2.75) is 59.6 Å². The third-order valence-electron chi connectivity index (χ3n) is 4.11. The molecule has 2 aromatic rings. The van der Waals surface area contributed by atoms with Crippen LogP contribution in [-0.4, -0.2) is 34.7 Å². The molecule has 26 heavy (non-hydrogen) atoms. The Kier molecular flexibility index (Phi) is 5.35. The maximum absolute atomic E-state index is 12.6. The summed E-state index contributed by atoms with van der Waals surface area (Å²) in [5, 5.41) is 6.68. The number of nitrogens with one attached hydrogen (secondary N) is 3. The number of rotatable bonds is 4. The average Bonchev–Trinajstić information content (AvgIpc) is 2.92. The summed E-state index contributed by atoms with van der Waals surface area (Å²) in [6, 6.07) is 5.87. The Balaban J connectivity index is 2.04. The zero-order valence-corrected chi connectivity index (χ0v) is 16.7. The Bertz CT molecular complexity index is 829. The van der Waals surface area contributed by atoms with E-state index in [1.54, 1.807) is 20.8 Å². The summed E-state index contributed by atoms with van der Waals surface area (Å²) in [7, 11) is 0. The van der Waals surface area contributed by atoms with Crippen LogP contribution in [0, 0.1) is 13.8 Å². The third kappa shape index (κ3) is 5.00. The van der Waals surface area contributed by atoms with E-state index < -0.39 is 17.2 Å². The van der Waals surface area contributed by atoms with Gasteiger partial charge in [0.1, 0.15) is 11.3 Å². The fraction of sp³-hybridized carbons (Fsp3) is 0.500. The summed E-state index contributed by atoms with van der Waals surface area (Å²) in [6.07, 6.45) is -0.503. The highest BCUT2D eigenvalue weighted by Crippen LogP contribution is 2.22. The molecule has 6 nitrogen and oxygen atoms in total. The van der Waals surface area contributed by atoms with Crippen LogP contribution < -0.4 is 10.6 Å². The minimum atomic E-state index is -0.629. The van der Waals surface area contributed by atoms with Crippen molar-refractivity contribution < 1.29 is 14.3 Å². The van der Waals surface area contributed by atoms with Crippen molar-refractivity contribution in [2.24, 2.45) is 0 Å². The predicted molar refractivity (Wildman–Crippen MR) is 104 cm³/mol. The number of aromatic nitrogens is 1. The first kappa shape index (κ1) is 19.8. The van der Waals surface area contributed by atoms with Gasteiger partial charge in [0.15, 0.2) is 0 Å². The van der Waals surface area contributed by atoms with Gasteiger partial charge in [-0.25, -0.2) is 4.79 Å². The minimum Gasteiger partial charge on any atom is -0.444 e. The lowest BCUT2D eigenvalue weighted by atomic mass is 10.0. The lowest BCUT2D eigenvalue weighted by Gasteiger charge is -2.27. The maximum atomic E-state index is 12.6. The molecule has 0 bridgehead atoms. The highest BCUT2D eigenvalue weighted by atomic mass is 16.6. The van der Waals surface area contributed by atoms with Gasteiger partial charge >= 0.3 is 6.09 Å². The number of fused-ring (bicyclic) bond motifs is 1. The van der Waals surface area contributed by atoms with Crippen molar-refractivity contribution in [2.75, 3.05) is 6.54 Å². The molecule has 0 aliphatic carbocycles. The fourth-order valence-electron chi connectivity index (χ4n) is 2.61. The van der Waals surface area contributed by atoms with E-state index in [2.05, 4.69) is 15.6 Å². The predicted octanol–water partition coefficient (Wildman–Crippen LogP) is 3.82. The number of aryl methyl sites for hydroxylation is 2. The van der Waals surface area contributed by atoms with Crippen LogP contribution in [0.3, 0.4) is 0 Å². The Morgan fingerprint density at radius 2 is 1.77 bits per heavy atom. The zero-order valence-electron chi connectivity index (χ0n) is 16.7. The van der Waals surface area contributed by atoms with E-state index >= 15 is 0 Å². The summed E-state index contributed by atoms with van der Waals surface area (Å²) >= 11 is 0. The molecular weight excluding hydrogens is 330 g/mol. The molecular formula is C20H29N3O3. The largest absolute Gasteiger partial charge is 0.444 e. The molecule has 0 spiro atoms. The average molecular weight is 359 g/mol. The molecule has 6 heteroatoms. The molecule has 0 radical (unpaired) electrons. The number of hydrogen-bond donors (Lipinski definition) is 3. The summed E-state index contributed by atoms with van der Waals surface area (Å²) in [5.74, 6) is -0.214. The summed E-state index contributed by atoms with van der Waals surface area (Å²) in [5.41, 5.74) is 2.59. The molecule has 0 aliphatic rings. The third-order valence-corrected chi connectivity index (χ3v) is 4.11. The minimum absolute atomic E-state index is 0.214. The van der Waals surface area contributed by atoms with Gasteiger partial charge in [0, 0.05) is 17.4 Å². The van der Waals surface area contributed by atoms with Gasteiger partial charge < -0.3 is 20.4 Å². The van der Waals surface area contributed by atoms with E-state index in [1.165, 1.54) is 5.56 Å². The molecule has 2 rings (SSSR count). The number of benzene rings is 1. The molecule has 0 saturated carbocycles. The van der Waals surface area contributed by atoms with Crippen LogP contribution in [0.1, 0.15) is 56.2 Å². The van der Waals surface area contributed by atoms with E-state index in [1.807, 2.05) is 45.9 Å². The van der Waals surface area contributed by atoms with Gasteiger partial charge in [0.25, 0.3) is 5.91 Å². The maximum Gasteiger partial charge on any atom is 0.407 e. The Hall–Kier alpha value is -2.50. The quantitative estimate of drug-likeness (QED) is 0.776. The second-order valence-electron chi connectivity index (χ2n) is 8.35. The van der Waals surface area contributed by atoms with Crippen LogP contribution in [0.5, 0.6) is 0 Å². The van der Waals surface area contributed by atoms with E-state index in [9.17, 15) is 9.59 Å². The van der Waals surface area contributed by atoms with Crippen LogP contribution in [-0.2, 0) is 4.74 Å². The van der Waals surface area contributed by atoms with Gasteiger partial charge in [-0.05, 0) is 71.7 Å². The SMILES string of the molecule is Cc1ccc2[nH]c(C(=O)NC(C)(C)CNC(=O)OC(C)(C)C)cc2c1C. The molecule has 0 saturated heterocycles. The lowest BCUT2D eigenvalue weighted by molar-refractivity contribution is 0.0509. The first-order valence-corrected chi connectivity index (χ1v) is 8.76. The van der Waals surface area contributed by atoms with Gasteiger partial charge in [-0.2, -0.15) is 0 Å². The molecule has 1 aromatic carbocycles. The Morgan fingerprint density at radius 1 is 1.12 bits per heavy atom. The zero-order chi connectivity index (χ0) is 19.7. The molecule has 1 heterocycles. The van der Waals surface area contributed by atoms with Crippen molar-refractivity contribution in [3.63, 3.8) is 0 Å². The van der Waals surface area contributed by atoms with E-state index in [-0.39, 0.29) is 12.5 Å². The molecule has 0 atom stereocenters. The summed E-state index contributed by atoms with van der Waals surface area (Å²) in [6.45, 7) is 13.5. The smallest absolute Gasteiger partial charge is 0.407 e. The highest BCUT2D eigenvalue weighted by molar-refractivity contribution is 5.99. The molecule has 2 amide bonds. The first-order chi connectivity index (χ1) is 11.9. The number of carbonyl (C=O) groups is 2. The molecule has 1 aromatic heterocycles. The Morgan fingerprint density at radius 3 is 2.38 bits per heavy atom. The number of H-pyrrole nitrogens is 1. The second kappa shape index (κ2) is 7.02. The van der Waals surface area contributed by atoms with Gasteiger partial charge in [-0.1, -0.05) is 6.07 Å². The number of amides is 2. The Labute approximate surface area is 154 Å². The van der Waals surface area contributed by atoms with Gasteiger partial charge in [-0.3, -0.25) is 4.79 Å². The molecule has 3 N–H and O–H groups in total. The number of alkyl carbamates (subject to hydrolysis) is 1. The molecule has 0 aliphatic heterocycles. The first-order valence-electron chi connectivity index (χ1n) is 8.76. The van der Waals surface area contributed by atoms with Crippen LogP contribution in [0.15, 0.2) is 18.2 Å². The normalized spacial score (nSPS) is 12.1. The highest BCUT2D eigenvalue weighted by Gasteiger charge is 2.24.